The Kier molecular flexibility index (Phi) is 3.24. The molecule has 62 valence electrons. The minimum Gasteiger partial charge on any atom is -0.211 e. The summed E-state index contributed by atoms with van der Waals surface area (Å²) in [4.78, 5) is 13.7. The van der Waals surface area contributed by atoms with E-state index in [-0.39, 0.29) is 0 Å². The summed E-state index contributed by atoms with van der Waals surface area (Å²) in [5.74, 6) is 0. The zero-order valence-electron chi connectivity index (χ0n) is 7.08. The Labute approximate surface area is 71.9 Å². The maximum absolute atomic E-state index is 10.0. The summed E-state index contributed by atoms with van der Waals surface area (Å²) in [7, 11) is 0. The molecule has 0 saturated heterocycles. The van der Waals surface area contributed by atoms with E-state index in [0.29, 0.717) is 0 Å². The van der Waals surface area contributed by atoms with E-state index in [1.807, 2.05) is 24.3 Å². The van der Waals surface area contributed by atoms with Crippen LogP contribution >= 0.6 is 0 Å². The molecule has 0 saturated carbocycles. The SMILES string of the molecule is CCCc1ccccc1N=C=O. The highest BCUT2D eigenvalue weighted by molar-refractivity contribution is 5.53. The first-order valence-electron chi connectivity index (χ1n) is 4.04. The second-order valence-corrected chi connectivity index (χ2v) is 2.58. The predicted molar refractivity (Wildman–Crippen MR) is 48.2 cm³/mol. The fourth-order valence-corrected chi connectivity index (χ4v) is 1.15. The van der Waals surface area contributed by atoms with Crippen LogP contribution in [0.4, 0.5) is 5.69 Å². The van der Waals surface area contributed by atoms with Crippen molar-refractivity contribution >= 4 is 11.8 Å². The van der Waals surface area contributed by atoms with Gasteiger partial charge in [-0.2, -0.15) is 4.99 Å². The summed E-state index contributed by atoms with van der Waals surface area (Å²) >= 11 is 0. The maximum Gasteiger partial charge on any atom is 0.240 e. The highest BCUT2D eigenvalue weighted by Gasteiger charge is 1.97. The van der Waals surface area contributed by atoms with Gasteiger partial charge >= 0.3 is 0 Å². The lowest BCUT2D eigenvalue weighted by Gasteiger charge is -2.00. The van der Waals surface area contributed by atoms with Crippen LogP contribution in [0.15, 0.2) is 29.3 Å². The first kappa shape index (κ1) is 8.69. The number of hydrogen-bond donors (Lipinski definition) is 0. The number of aryl methyl sites for hydroxylation is 1. The van der Waals surface area contributed by atoms with Gasteiger partial charge in [0, 0.05) is 0 Å². The van der Waals surface area contributed by atoms with Crippen LogP contribution in [0, 0.1) is 0 Å². The van der Waals surface area contributed by atoms with Crippen molar-refractivity contribution in [2.45, 2.75) is 19.8 Å². The van der Waals surface area contributed by atoms with Gasteiger partial charge in [0.1, 0.15) is 0 Å². The largest absolute Gasteiger partial charge is 0.240 e. The van der Waals surface area contributed by atoms with Crippen molar-refractivity contribution in [3.05, 3.63) is 29.8 Å². The van der Waals surface area contributed by atoms with Gasteiger partial charge in [-0.05, 0) is 18.1 Å². The number of rotatable bonds is 3. The van der Waals surface area contributed by atoms with E-state index >= 15 is 0 Å². The summed E-state index contributed by atoms with van der Waals surface area (Å²) < 4.78 is 0. The third kappa shape index (κ3) is 2.04. The monoisotopic (exact) mass is 161 g/mol. The Morgan fingerprint density at radius 3 is 2.83 bits per heavy atom. The minimum absolute atomic E-state index is 0.745. The van der Waals surface area contributed by atoms with Gasteiger partial charge in [-0.15, -0.1) is 0 Å². The number of hydrogen-bond acceptors (Lipinski definition) is 2. The second kappa shape index (κ2) is 4.47. The number of isocyanates is 1. The summed E-state index contributed by atoms with van der Waals surface area (Å²) in [5.41, 5.74) is 1.86. The average molecular weight is 161 g/mol. The number of aliphatic imine (C=N–C) groups is 1. The number of nitrogens with zero attached hydrogens (tertiary/aromatic N) is 1. The Balaban J connectivity index is 2.99. The zero-order chi connectivity index (χ0) is 8.81. The molecule has 0 atom stereocenters. The van der Waals surface area contributed by atoms with Gasteiger partial charge in [0.05, 0.1) is 5.69 Å². The first-order valence-corrected chi connectivity index (χ1v) is 4.04. The van der Waals surface area contributed by atoms with Crippen LogP contribution in [-0.4, -0.2) is 6.08 Å². The van der Waals surface area contributed by atoms with E-state index in [2.05, 4.69) is 11.9 Å². The molecule has 0 aliphatic carbocycles. The van der Waals surface area contributed by atoms with Gasteiger partial charge in [0.25, 0.3) is 0 Å². The summed E-state index contributed by atoms with van der Waals surface area (Å²) in [6.07, 6.45) is 3.58. The van der Waals surface area contributed by atoms with Crippen molar-refractivity contribution in [3.8, 4) is 0 Å². The Morgan fingerprint density at radius 1 is 1.42 bits per heavy atom. The molecule has 1 aromatic rings. The molecule has 12 heavy (non-hydrogen) atoms. The van der Waals surface area contributed by atoms with Crippen LogP contribution < -0.4 is 0 Å². The Morgan fingerprint density at radius 2 is 2.17 bits per heavy atom. The van der Waals surface area contributed by atoms with Crippen LogP contribution in [0.5, 0.6) is 0 Å². The van der Waals surface area contributed by atoms with Gasteiger partial charge in [-0.25, -0.2) is 4.79 Å². The molecule has 0 aliphatic rings. The van der Waals surface area contributed by atoms with E-state index in [4.69, 9.17) is 0 Å². The Hall–Kier alpha value is -1.40. The highest BCUT2D eigenvalue weighted by Crippen LogP contribution is 2.18. The maximum atomic E-state index is 10.0. The minimum atomic E-state index is 0.745. The van der Waals surface area contributed by atoms with E-state index in [9.17, 15) is 4.79 Å². The van der Waals surface area contributed by atoms with Crippen molar-refractivity contribution in [2.75, 3.05) is 0 Å². The van der Waals surface area contributed by atoms with Crippen molar-refractivity contribution < 1.29 is 4.79 Å². The third-order valence-corrected chi connectivity index (χ3v) is 1.68. The number of para-hydroxylation sites is 1. The van der Waals surface area contributed by atoms with Gasteiger partial charge < -0.3 is 0 Å². The molecule has 1 rings (SSSR count). The molecule has 0 spiro atoms. The predicted octanol–water partition coefficient (Wildman–Crippen LogP) is 2.61. The van der Waals surface area contributed by atoms with E-state index in [1.165, 1.54) is 0 Å². The third-order valence-electron chi connectivity index (χ3n) is 1.68. The van der Waals surface area contributed by atoms with Gasteiger partial charge in [0.15, 0.2) is 0 Å². The van der Waals surface area contributed by atoms with Crippen molar-refractivity contribution in [1.29, 1.82) is 0 Å². The molecule has 0 bridgehead atoms. The zero-order valence-corrected chi connectivity index (χ0v) is 7.08. The molecule has 0 unspecified atom stereocenters. The number of benzene rings is 1. The standard InChI is InChI=1S/C10H11NO/c1-2-5-9-6-3-4-7-10(9)11-8-12/h3-4,6-7H,2,5H2,1H3. The van der Waals surface area contributed by atoms with E-state index in [0.717, 1.165) is 24.1 Å². The van der Waals surface area contributed by atoms with E-state index < -0.39 is 0 Å². The van der Waals surface area contributed by atoms with Gasteiger partial charge in [-0.1, -0.05) is 31.5 Å². The van der Waals surface area contributed by atoms with Crippen LogP contribution in [-0.2, 0) is 11.2 Å². The lowest BCUT2D eigenvalue weighted by Crippen LogP contribution is -1.82. The van der Waals surface area contributed by atoms with Crippen molar-refractivity contribution in [1.82, 2.24) is 0 Å². The lowest BCUT2D eigenvalue weighted by molar-refractivity contribution is 0.565. The van der Waals surface area contributed by atoms with Crippen LogP contribution in [0.2, 0.25) is 0 Å². The average Bonchev–Trinajstić information content (AvgIpc) is 2.09. The van der Waals surface area contributed by atoms with Crippen molar-refractivity contribution in [2.24, 2.45) is 4.99 Å². The van der Waals surface area contributed by atoms with Gasteiger partial charge in [-0.3, -0.25) is 0 Å². The Bertz CT molecular complexity index is 300. The summed E-state index contributed by atoms with van der Waals surface area (Å²) in [5, 5.41) is 0. The molecule has 0 aromatic heterocycles. The molecule has 0 radical (unpaired) electrons. The molecule has 0 heterocycles. The quantitative estimate of drug-likeness (QED) is 0.495. The molecule has 2 nitrogen and oxygen atoms in total. The summed E-state index contributed by atoms with van der Waals surface area (Å²) in [6, 6.07) is 7.64. The molecule has 0 amide bonds. The molecule has 0 N–H and O–H groups in total. The normalized spacial score (nSPS) is 9.08. The van der Waals surface area contributed by atoms with Crippen LogP contribution in [0.25, 0.3) is 0 Å². The topological polar surface area (TPSA) is 29.4 Å². The van der Waals surface area contributed by atoms with Crippen LogP contribution in [0.3, 0.4) is 0 Å². The highest BCUT2D eigenvalue weighted by atomic mass is 16.1. The van der Waals surface area contributed by atoms with Crippen LogP contribution in [0.1, 0.15) is 18.9 Å². The molecular formula is C10H11NO. The number of carbonyl (C=O) groups excluding carboxylic acids is 1. The van der Waals surface area contributed by atoms with Crippen molar-refractivity contribution in [3.63, 3.8) is 0 Å². The summed E-state index contributed by atoms with van der Waals surface area (Å²) in [6.45, 7) is 2.10. The molecule has 0 fully saturated rings. The lowest BCUT2D eigenvalue weighted by atomic mass is 10.1. The smallest absolute Gasteiger partial charge is 0.211 e. The van der Waals surface area contributed by atoms with Gasteiger partial charge in [0.2, 0.25) is 6.08 Å². The fourth-order valence-electron chi connectivity index (χ4n) is 1.15. The first-order chi connectivity index (χ1) is 5.88. The molecule has 2 heteroatoms. The fraction of sp³-hybridized carbons (Fsp3) is 0.300. The van der Waals surface area contributed by atoms with E-state index in [1.54, 1.807) is 6.08 Å². The molecule has 0 aliphatic heterocycles. The second-order valence-electron chi connectivity index (χ2n) is 2.58. The molecule has 1 aromatic carbocycles. The molecular weight excluding hydrogens is 150 g/mol.